The highest BCUT2D eigenvalue weighted by molar-refractivity contribution is 5.70. The maximum atomic E-state index is 11.9. The lowest BCUT2D eigenvalue weighted by atomic mass is 9.93. The predicted molar refractivity (Wildman–Crippen MR) is 64.8 cm³/mol. The summed E-state index contributed by atoms with van der Waals surface area (Å²) in [4.78, 5) is 13.9. The molecule has 0 bridgehead atoms. The van der Waals surface area contributed by atoms with Gasteiger partial charge in [-0.15, -0.1) is 0 Å². The Bertz CT molecular complexity index is 283. The predicted octanol–water partition coefficient (Wildman–Crippen LogP) is 1.75. The number of carbonyl (C=O) groups excluding carboxylic acids is 1. The number of ether oxygens (including phenoxy) is 1. The molecule has 2 saturated heterocycles. The first-order valence-corrected chi connectivity index (χ1v) is 7.02. The molecule has 1 aliphatic carbocycles. The zero-order chi connectivity index (χ0) is 11.7. The number of amides is 1. The molecule has 1 N–H and O–H groups in total. The number of hydrogen-bond acceptors (Lipinski definition) is 3. The summed E-state index contributed by atoms with van der Waals surface area (Å²) < 4.78 is 5.57. The van der Waals surface area contributed by atoms with E-state index < -0.39 is 0 Å². The van der Waals surface area contributed by atoms with Crippen LogP contribution in [0.25, 0.3) is 0 Å². The second-order valence-corrected chi connectivity index (χ2v) is 5.62. The molecule has 17 heavy (non-hydrogen) atoms. The molecule has 2 heterocycles. The van der Waals surface area contributed by atoms with Crippen molar-refractivity contribution in [3.63, 3.8) is 0 Å². The third kappa shape index (κ3) is 2.28. The lowest BCUT2D eigenvalue weighted by Crippen LogP contribution is -2.40. The summed E-state index contributed by atoms with van der Waals surface area (Å²) in [6.07, 6.45) is 7.36. The molecule has 0 aromatic rings. The van der Waals surface area contributed by atoms with Crippen molar-refractivity contribution in [2.24, 2.45) is 5.92 Å². The van der Waals surface area contributed by atoms with Gasteiger partial charge in [-0.2, -0.15) is 0 Å². The van der Waals surface area contributed by atoms with E-state index in [9.17, 15) is 4.79 Å². The van der Waals surface area contributed by atoms with Crippen molar-refractivity contribution in [3.05, 3.63) is 0 Å². The highest BCUT2D eigenvalue weighted by atomic mass is 16.6. The van der Waals surface area contributed by atoms with Crippen LogP contribution in [0.4, 0.5) is 4.79 Å². The highest BCUT2D eigenvalue weighted by Crippen LogP contribution is 2.30. The summed E-state index contributed by atoms with van der Waals surface area (Å²) in [7, 11) is 0. The van der Waals surface area contributed by atoms with E-state index in [2.05, 4.69) is 5.32 Å². The third-order valence-electron chi connectivity index (χ3n) is 4.49. The molecule has 3 rings (SSSR count). The number of cyclic esters (lactones) is 1. The van der Waals surface area contributed by atoms with Gasteiger partial charge >= 0.3 is 6.09 Å². The van der Waals surface area contributed by atoms with Gasteiger partial charge in [-0.3, -0.25) is 0 Å². The van der Waals surface area contributed by atoms with Crippen molar-refractivity contribution in [1.29, 1.82) is 0 Å². The average molecular weight is 238 g/mol. The van der Waals surface area contributed by atoms with Crippen molar-refractivity contribution in [3.8, 4) is 0 Å². The molecule has 3 fully saturated rings. The summed E-state index contributed by atoms with van der Waals surface area (Å²) in [6, 6.07) is 0.462. The molecule has 4 nitrogen and oxygen atoms in total. The van der Waals surface area contributed by atoms with E-state index in [-0.39, 0.29) is 12.2 Å². The standard InChI is InChI=1S/C13H22N2O2/c16-13-15(11-5-1-2-6-11)9-12(17-13)10-4-3-7-14-8-10/h10-12,14H,1-9H2. The monoisotopic (exact) mass is 238 g/mol. The topological polar surface area (TPSA) is 41.6 Å². The van der Waals surface area contributed by atoms with E-state index in [0.717, 1.165) is 19.6 Å². The van der Waals surface area contributed by atoms with Gasteiger partial charge in [0, 0.05) is 18.5 Å². The quantitative estimate of drug-likeness (QED) is 0.797. The van der Waals surface area contributed by atoms with Gasteiger partial charge < -0.3 is 15.0 Å². The number of hydrogen-bond donors (Lipinski definition) is 1. The Balaban J connectivity index is 1.60. The van der Waals surface area contributed by atoms with Gasteiger partial charge in [0.05, 0.1) is 6.54 Å². The molecule has 2 aliphatic heterocycles. The SMILES string of the molecule is O=C1OC(C2CCCNC2)CN1C1CCCC1. The fourth-order valence-electron chi connectivity index (χ4n) is 3.46. The Labute approximate surface area is 103 Å². The first-order chi connectivity index (χ1) is 8.34. The molecular weight excluding hydrogens is 216 g/mol. The largest absolute Gasteiger partial charge is 0.444 e. The van der Waals surface area contributed by atoms with Gasteiger partial charge in [-0.25, -0.2) is 4.79 Å². The maximum absolute atomic E-state index is 11.9. The van der Waals surface area contributed by atoms with Crippen molar-refractivity contribution in [2.45, 2.75) is 50.7 Å². The van der Waals surface area contributed by atoms with E-state index in [1.165, 1.54) is 38.5 Å². The molecule has 4 heteroatoms. The number of rotatable bonds is 2. The molecule has 2 unspecified atom stereocenters. The molecule has 0 aromatic carbocycles. The second-order valence-electron chi connectivity index (χ2n) is 5.62. The van der Waals surface area contributed by atoms with Gasteiger partial charge in [0.25, 0.3) is 0 Å². The Hall–Kier alpha value is -0.770. The summed E-state index contributed by atoms with van der Waals surface area (Å²) in [6.45, 7) is 2.95. The third-order valence-corrected chi connectivity index (χ3v) is 4.49. The van der Waals surface area contributed by atoms with Gasteiger partial charge in [0.2, 0.25) is 0 Å². The number of nitrogens with zero attached hydrogens (tertiary/aromatic N) is 1. The molecular formula is C13H22N2O2. The fraction of sp³-hybridized carbons (Fsp3) is 0.923. The van der Waals surface area contributed by atoms with Gasteiger partial charge in [0.15, 0.2) is 0 Å². The van der Waals surface area contributed by atoms with E-state index in [0.29, 0.717) is 12.0 Å². The molecule has 0 spiro atoms. The van der Waals surface area contributed by atoms with E-state index in [1.54, 1.807) is 0 Å². The number of piperidine rings is 1. The first kappa shape index (κ1) is 11.3. The van der Waals surface area contributed by atoms with Gasteiger partial charge in [0.1, 0.15) is 6.10 Å². The molecule has 2 atom stereocenters. The van der Waals surface area contributed by atoms with Crippen molar-refractivity contribution in [2.75, 3.05) is 19.6 Å². The minimum Gasteiger partial charge on any atom is -0.444 e. The van der Waals surface area contributed by atoms with Crippen LogP contribution in [0.3, 0.4) is 0 Å². The zero-order valence-corrected chi connectivity index (χ0v) is 10.4. The summed E-state index contributed by atoms with van der Waals surface area (Å²) in [5.41, 5.74) is 0. The van der Waals surface area contributed by atoms with Crippen LogP contribution in [0.15, 0.2) is 0 Å². The smallest absolute Gasteiger partial charge is 0.410 e. The average Bonchev–Trinajstić information content (AvgIpc) is 2.99. The summed E-state index contributed by atoms with van der Waals surface area (Å²) >= 11 is 0. The lowest BCUT2D eigenvalue weighted by Gasteiger charge is -2.27. The second kappa shape index (κ2) is 4.84. The van der Waals surface area contributed by atoms with E-state index in [4.69, 9.17) is 4.74 Å². The van der Waals surface area contributed by atoms with E-state index >= 15 is 0 Å². The normalized spacial score (nSPS) is 35.3. The van der Waals surface area contributed by atoms with Crippen LogP contribution in [0.2, 0.25) is 0 Å². The zero-order valence-electron chi connectivity index (χ0n) is 10.4. The first-order valence-electron chi connectivity index (χ1n) is 7.02. The highest BCUT2D eigenvalue weighted by Gasteiger charge is 2.40. The lowest BCUT2D eigenvalue weighted by molar-refractivity contribution is 0.0920. The fourth-order valence-corrected chi connectivity index (χ4v) is 3.46. The van der Waals surface area contributed by atoms with Crippen LogP contribution in [-0.2, 0) is 4.74 Å². The Morgan fingerprint density at radius 3 is 2.71 bits per heavy atom. The van der Waals surface area contributed by atoms with E-state index in [1.807, 2.05) is 4.90 Å². The van der Waals surface area contributed by atoms with Crippen LogP contribution >= 0.6 is 0 Å². The molecule has 1 saturated carbocycles. The Morgan fingerprint density at radius 1 is 1.18 bits per heavy atom. The van der Waals surface area contributed by atoms with Crippen molar-refractivity contribution < 1.29 is 9.53 Å². The molecule has 0 radical (unpaired) electrons. The summed E-state index contributed by atoms with van der Waals surface area (Å²) in [5, 5.41) is 3.40. The minimum atomic E-state index is -0.0625. The number of carbonyl (C=O) groups is 1. The van der Waals surface area contributed by atoms with Crippen molar-refractivity contribution >= 4 is 6.09 Å². The van der Waals surface area contributed by atoms with Gasteiger partial charge in [-0.1, -0.05) is 12.8 Å². The summed E-state index contributed by atoms with van der Waals surface area (Å²) in [5.74, 6) is 0.527. The molecule has 96 valence electrons. The van der Waals surface area contributed by atoms with Crippen LogP contribution in [0.5, 0.6) is 0 Å². The minimum absolute atomic E-state index is 0.0625. The molecule has 3 aliphatic rings. The number of nitrogens with one attached hydrogen (secondary N) is 1. The van der Waals surface area contributed by atoms with Crippen molar-refractivity contribution in [1.82, 2.24) is 10.2 Å². The maximum Gasteiger partial charge on any atom is 0.410 e. The van der Waals surface area contributed by atoms with Crippen LogP contribution in [0.1, 0.15) is 38.5 Å². The Morgan fingerprint density at radius 2 is 2.00 bits per heavy atom. The molecule has 0 aromatic heterocycles. The van der Waals surface area contributed by atoms with Crippen LogP contribution in [-0.4, -0.2) is 42.8 Å². The van der Waals surface area contributed by atoms with Crippen LogP contribution in [0, 0.1) is 5.92 Å². The molecule has 1 amide bonds. The van der Waals surface area contributed by atoms with Crippen LogP contribution < -0.4 is 5.32 Å². The Kier molecular flexibility index (Phi) is 3.23. The van der Waals surface area contributed by atoms with Gasteiger partial charge in [-0.05, 0) is 32.2 Å².